The van der Waals surface area contributed by atoms with E-state index in [0.29, 0.717) is 42.7 Å². The van der Waals surface area contributed by atoms with E-state index >= 15 is 0 Å². The summed E-state index contributed by atoms with van der Waals surface area (Å²) in [6, 6.07) is 1.61. The normalized spacial score (nSPS) is 18.1. The second-order valence-corrected chi connectivity index (χ2v) is 9.76. The fraction of sp³-hybridized carbons (Fsp3) is 0.450. The highest BCUT2D eigenvalue weighted by Crippen LogP contribution is 2.43. The van der Waals surface area contributed by atoms with Crippen LogP contribution in [0.15, 0.2) is 16.7 Å². The van der Waals surface area contributed by atoms with E-state index in [1.54, 1.807) is 11.0 Å². The van der Waals surface area contributed by atoms with Gasteiger partial charge in [0.05, 0.1) is 27.1 Å². The third-order valence-corrected chi connectivity index (χ3v) is 6.62. The Labute approximate surface area is 186 Å². The Morgan fingerprint density at radius 3 is 2.67 bits per heavy atom. The van der Waals surface area contributed by atoms with Crippen molar-refractivity contribution >= 4 is 61.8 Å². The van der Waals surface area contributed by atoms with Crippen molar-refractivity contribution in [1.29, 1.82) is 0 Å². The van der Waals surface area contributed by atoms with E-state index in [1.807, 2.05) is 20.8 Å². The molecule has 160 valence electrons. The first-order valence-corrected chi connectivity index (χ1v) is 10.7. The maximum Gasteiger partial charge on any atom is 0.410 e. The first-order chi connectivity index (χ1) is 14.0. The number of nitrogens with one attached hydrogen (secondary N) is 2. The maximum absolute atomic E-state index is 14.6. The minimum Gasteiger partial charge on any atom is -0.444 e. The lowest BCUT2D eigenvalue weighted by molar-refractivity contribution is -0.122. The summed E-state index contributed by atoms with van der Waals surface area (Å²) in [5, 5.41) is 6.88. The molecule has 0 bridgehead atoms. The Morgan fingerprint density at radius 1 is 1.37 bits per heavy atom. The molecule has 0 saturated carbocycles. The molecule has 2 aliphatic heterocycles. The molecule has 0 radical (unpaired) electrons. The van der Waals surface area contributed by atoms with Crippen molar-refractivity contribution in [3.05, 3.63) is 27.6 Å². The molecule has 10 heteroatoms. The predicted octanol–water partition coefficient (Wildman–Crippen LogP) is 4.92. The second kappa shape index (κ2) is 7.23. The summed E-state index contributed by atoms with van der Waals surface area (Å²) in [5.41, 5.74) is -0.329. The Balaban J connectivity index is 1.64. The summed E-state index contributed by atoms with van der Waals surface area (Å²) in [5.74, 6) is -0.767. The van der Waals surface area contributed by atoms with Crippen LogP contribution in [0.1, 0.15) is 33.6 Å². The molecule has 0 atom stereocenters. The number of likely N-dealkylation sites (tertiary alicyclic amines) is 1. The van der Waals surface area contributed by atoms with E-state index in [4.69, 9.17) is 16.3 Å². The first-order valence-electron chi connectivity index (χ1n) is 9.54. The van der Waals surface area contributed by atoms with E-state index in [1.165, 1.54) is 6.20 Å². The van der Waals surface area contributed by atoms with Crippen molar-refractivity contribution in [2.75, 3.05) is 23.7 Å². The number of piperidine rings is 1. The highest BCUT2D eigenvalue weighted by atomic mass is 79.9. The zero-order valence-corrected chi connectivity index (χ0v) is 19.1. The van der Waals surface area contributed by atoms with Gasteiger partial charge in [-0.05, 0) is 55.6 Å². The molecular weight excluding hydrogens is 479 g/mol. The largest absolute Gasteiger partial charge is 0.444 e. The van der Waals surface area contributed by atoms with Gasteiger partial charge in [0.15, 0.2) is 5.82 Å². The summed E-state index contributed by atoms with van der Waals surface area (Å²) in [4.78, 5) is 31.0. The number of fused-ring (bicyclic) bond motifs is 3. The number of hydrogen-bond acceptors (Lipinski definition) is 5. The van der Waals surface area contributed by atoms with Gasteiger partial charge < -0.3 is 20.3 Å². The summed E-state index contributed by atoms with van der Waals surface area (Å²) in [6.45, 7) is 6.14. The van der Waals surface area contributed by atoms with Crippen LogP contribution in [0.4, 0.5) is 20.6 Å². The third kappa shape index (κ3) is 3.58. The fourth-order valence-electron chi connectivity index (χ4n) is 3.76. The highest BCUT2D eigenvalue weighted by Gasteiger charge is 2.46. The van der Waals surface area contributed by atoms with Gasteiger partial charge in [0.25, 0.3) is 0 Å². The average molecular weight is 500 g/mol. The number of amides is 2. The van der Waals surface area contributed by atoms with Crippen molar-refractivity contribution in [3.63, 3.8) is 0 Å². The topological polar surface area (TPSA) is 83.6 Å². The molecule has 1 spiro atoms. The summed E-state index contributed by atoms with van der Waals surface area (Å²) in [6.07, 6.45) is 1.79. The zero-order valence-electron chi connectivity index (χ0n) is 16.7. The zero-order chi connectivity index (χ0) is 21.8. The number of benzene rings is 1. The van der Waals surface area contributed by atoms with Crippen LogP contribution in [-0.4, -0.2) is 46.1 Å². The van der Waals surface area contributed by atoms with Crippen LogP contribution in [-0.2, 0) is 9.53 Å². The number of carbonyl (C=O) groups is 2. The second-order valence-electron chi connectivity index (χ2n) is 8.56. The van der Waals surface area contributed by atoms with Gasteiger partial charge in [-0.25, -0.2) is 9.18 Å². The maximum atomic E-state index is 14.6. The number of nitrogens with zero attached hydrogens (tertiary/aromatic N) is 2. The quantitative estimate of drug-likeness (QED) is 0.503. The van der Waals surface area contributed by atoms with Gasteiger partial charge in [0, 0.05) is 18.5 Å². The third-order valence-electron chi connectivity index (χ3n) is 5.31. The lowest BCUT2D eigenvalue weighted by atomic mass is 9.84. The van der Waals surface area contributed by atoms with Crippen LogP contribution in [0.5, 0.6) is 0 Å². The first kappa shape index (κ1) is 21.1. The summed E-state index contributed by atoms with van der Waals surface area (Å²) < 4.78 is 20.2. The number of anilines is 2. The molecular formula is C20H21BrClFN4O3. The molecule has 0 aliphatic carbocycles. The van der Waals surface area contributed by atoms with Gasteiger partial charge >= 0.3 is 6.09 Å². The molecule has 7 nitrogen and oxygen atoms in total. The van der Waals surface area contributed by atoms with Crippen molar-refractivity contribution in [2.24, 2.45) is 0 Å². The Morgan fingerprint density at radius 2 is 2.03 bits per heavy atom. The standard InChI is InChI=1S/C20H21BrClFN4O3/c1-19(2,3)30-18(29)27-6-4-20(5-7-27)17(28)25-12-9-24-16-10(15(12)26-20)8-11(22)13(21)14(16)23/h8-9,26H,4-7H2,1-3H3,(H,25,28). The number of halogens is 3. The van der Waals surface area contributed by atoms with Gasteiger partial charge in [-0.15, -0.1) is 0 Å². The molecule has 0 unspecified atom stereocenters. The minimum atomic E-state index is -0.921. The van der Waals surface area contributed by atoms with Crippen LogP contribution in [0.2, 0.25) is 5.02 Å². The van der Waals surface area contributed by atoms with Crippen LogP contribution in [0, 0.1) is 5.82 Å². The fourth-order valence-corrected chi connectivity index (χ4v) is 4.25. The van der Waals surface area contributed by atoms with E-state index in [0.717, 1.165) is 0 Å². The summed E-state index contributed by atoms with van der Waals surface area (Å²) >= 11 is 9.29. The van der Waals surface area contributed by atoms with Crippen molar-refractivity contribution in [1.82, 2.24) is 9.88 Å². The smallest absolute Gasteiger partial charge is 0.410 e. The number of carbonyl (C=O) groups excluding carboxylic acids is 2. The average Bonchev–Trinajstić information content (AvgIpc) is 2.66. The van der Waals surface area contributed by atoms with E-state index in [9.17, 15) is 14.0 Å². The van der Waals surface area contributed by atoms with Gasteiger partial charge in [0.2, 0.25) is 5.91 Å². The Kier molecular flexibility index (Phi) is 5.09. The molecule has 2 amide bonds. The summed E-state index contributed by atoms with van der Waals surface area (Å²) in [7, 11) is 0. The predicted molar refractivity (Wildman–Crippen MR) is 116 cm³/mol. The Hall–Kier alpha value is -2.13. The monoisotopic (exact) mass is 498 g/mol. The molecule has 2 aliphatic rings. The molecule has 1 saturated heterocycles. The molecule has 3 heterocycles. The molecule has 30 heavy (non-hydrogen) atoms. The number of hydrogen-bond donors (Lipinski definition) is 2. The van der Waals surface area contributed by atoms with Crippen molar-refractivity contribution in [3.8, 4) is 0 Å². The van der Waals surface area contributed by atoms with Crippen molar-refractivity contribution < 1.29 is 18.7 Å². The SMILES string of the molecule is CC(C)(C)OC(=O)N1CCC2(CC1)Nc1c(cnc3c(F)c(Br)c(Cl)cc13)NC2=O. The van der Waals surface area contributed by atoms with Crippen LogP contribution < -0.4 is 10.6 Å². The van der Waals surface area contributed by atoms with E-state index < -0.39 is 23.1 Å². The Bertz CT molecular complexity index is 1060. The van der Waals surface area contributed by atoms with Crippen LogP contribution in [0.25, 0.3) is 10.9 Å². The van der Waals surface area contributed by atoms with Gasteiger partial charge in [-0.1, -0.05) is 11.6 Å². The highest BCUT2D eigenvalue weighted by molar-refractivity contribution is 9.10. The molecule has 2 aromatic rings. The minimum absolute atomic E-state index is 0.143. The molecule has 1 aromatic heterocycles. The molecule has 1 aromatic carbocycles. The number of pyridine rings is 1. The van der Waals surface area contributed by atoms with Crippen molar-refractivity contribution in [2.45, 2.75) is 44.8 Å². The number of ether oxygens (including phenoxy) is 1. The lowest BCUT2D eigenvalue weighted by Crippen LogP contribution is -2.59. The van der Waals surface area contributed by atoms with Gasteiger partial charge in [-0.2, -0.15) is 0 Å². The van der Waals surface area contributed by atoms with Gasteiger partial charge in [-0.3, -0.25) is 9.78 Å². The van der Waals surface area contributed by atoms with E-state index in [2.05, 4.69) is 31.5 Å². The molecule has 2 N–H and O–H groups in total. The lowest BCUT2D eigenvalue weighted by Gasteiger charge is -2.44. The molecule has 4 rings (SSSR count). The number of rotatable bonds is 0. The van der Waals surface area contributed by atoms with Gasteiger partial charge in [0.1, 0.15) is 16.7 Å². The molecule has 1 fully saturated rings. The van der Waals surface area contributed by atoms with Crippen LogP contribution >= 0.6 is 27.5 Å². The van der Waals surface area contributed by atoms with Crippen LogP contribution in [0.3, 0.4) is 0 Å². The number of aromatic nitrogens is 1. The van der Waals surface area contributed by atoms with E-state index in [-0.39, 0.29) is 20.9 Å².